The maximum atomic E-state index is 12.6. The van der Waals surface area contributed by atoms with E-state index in [0.717, 1.165) is 103 Å². The predicted octanol–water partition coefficient (Wildman–Crippen LogP) is 9.77. The molecule has 0 aromatic heterocycles. The zero-order chi connectivity index (χ0) is 41.0. The van der Waals surface area contributed by atoms with Gasteiger partial charge >= 0.3 is 35.8 Å². The summed E-state index contributed by atoms with van der Waals surface area (Å²) in [5.41, 5.74) is 0. The minimum atomic E-state index is -0.769. The molecule has 2 N–H and O–H groups in total. The van der Waals surface area contributed by atoms with Crippen LogP contribution in [0.15, 0.2) is 24.3 Å². The van der Waals surface area contributed by atoms with Crippen molar-refractivity contribution in [3.05, 3.63) is 24.3 Å². The molecule has 0 aromatic rings. The largest absolute Gasteiger partial charge is 0.481 e. The van der Waals surface area contributed by atoms with Crippen molar-refractivity contribution in [2.75, 3.05) is 0 Å². The fourth-order valence-electron chi connectivity index (χ4n) is 7.48. The molecule has 2 aliphatic rings. The lowest BCUT2D eigenvalue weighted by Crippen LogP contribution is -2.25. The first-order chi connectivity index (χ1) is 27.0. The van der Waals surface area contributed by atoms with Gasteiger partial charge in [-0.1, -0.05) is 115 Å². The second-order valence-electron chi connectivity index (χ2n) is 15.7. The third-order valence-corrected chi connectivity index (χ3v) is 10.8. The summed E-state index contributed by atoms with van der Waals surface area (Å²) in [6.45, 7) is 4.17. The van der Waals surface area contributed by atoms with E-state index in [-0.39, 0.29) is 49.7 Å². The van der Waals surface area contributed by atoms with Crippen molar-refractivity contribution in [2.45, 2.75) is 193 Å². The minimum Gasteiger partial charge on any atom is -0.481 e. The molecule has 318 valence electrons. The van der Waals surface area contributed by atoms with Crippen LogP contribution in [0.3, 0.4) is 0 Å². The molecule has 6 unspecified atom stereocenters. The number of aliphatic carboxylic acids is 2. The number of cyclic esters (lactones) is 4. The fourth-order valence-corrected chi connectivity index (χ4v) is 7.48. The number of ether oxygens (including phenoxy) is 2. The molecule has 12 nitrogen and oxygen atoms in total. The summed E-state index contributed by atoms with van der Waals surface area (Å²) in [5, 5.41) is 17.8. The van der Waals surface area contributed by atoms with Crippen LogP contribution in [-0.4, -0.2) is 58.2 Å². The van der Waals surface area contributed by atoms with Crippen LogP contribution in [0, 0.1) is 23.7 Å². The van der Waals surface area contributed by atoms with Gasteiger partial charge in [-0.3, -0.25) is 28.8 Å². The summed E-state index contributed by atoms with van der Waals surface area (Å²) in [4.78, 5) is 83.5. The van der Waals surface area contributed by atoms with E-state index < -0.39 is 47.7 Å². The third-order valence-electron chi connectivity index (χ3n) is 10.8. The first-order valence-electron chi connectivity index (χ1n) is 21.6. The van der Waals surface area contributed by atoms with E-state index in [4.69, 9.17) is 29.5 Å². The lowest BCUT2D eigenvalue weighted by atomic mass is 9.85. The van der Waals surface area contributed by atoms with Gasteiger partial charge in [0.25, 0.3) is 0 Å². The van der Waals surface area contributed by atoms with Gasteiger partial charge in [-0.05, 0) is 76.0 Å². The lowest BCUT2D eigenvalue weighted by molar-refractivity contribution is -0.355. The highest BCUT2D eigenvalue weighted by Crippen LogP contribution is 2.33. The highest BCUT2D eigenvalue weighted by atomic mass is 17.2. The smallest absolute Gasteiger partial charge is 0.317 e. The van der Waals surface area contributed by atoms with Gasteiger partial charge in [0.15, 0.2) is 0 Å². The Labute approximate surface area is 334 Å². The Bertz CT molecular complexity index is 1150. The topological polar surface area (TPSA) is 180 Å². The number of unbranched alkanes of at least 4 members (excludes halogenated alkanes) is 12. The van der Waals surface area contributed by atoms with Gasteiger partial charge in [-0.15, -0.1) is 0 Å². The van der Waals surface area contributed by atoms with Crippen LogP contribution in [0.5, 0.6) is 0 Å². The van der Waals surface area contributed by atoms with Crippen LogP contribution in [0.1, 0.15) is 181 Å². The van der Waals surface area contributed by atoms with Gasteiger partial charge in [-0.25, -0.2) is 9.78 Å². The Morgan fingerprint density at radius 3 is 1.25 bits per heavy atom. The standard InChI is InChI=1S/C44H70O12/c1-3-5-15-21-33(37-31-41(49)53-43(37)51)27-29-35(23-17-11-7-9-13-19-25-39(45)46)55-56-36(24-18-12-8-10-14-20-26-40(47)48)30-28-34(22-16-6-4-2)38-32-42(50)54-44(38)52/h15-16,21-22,33-38H,3-14,17-20,23-32H2,1-2H3,(H,45,46)(H,47,48). The number of hydrogen-bond donors (Lipinski definition) is 2. The van der Waals surface area contributed by atoms with E-state index >= 15 is 0 Å². The minimum absolute atomic E-state index is 0.0690. The number of carboxylic acids is 2. The first kappa shape index (κ1) is 48.8. The van der Waals surface area contributed by atoms with Crippen LogP contribution in [-0.2, 0) is 48.0 Å². The first-order valence-corrected chi connectivity index (χ1v) is 21.6. The third kappa shape index (κ3) is 21.8. The Morgan fingerprint density at radius 2 is 0.929 bits per heavy atom. The fraction of sp³-hybridized carbons (Fsp3) is 0.773. The van der Waals surface area contributed by atoms with Crippen molar-refractivity contribution in [1.29, 1.82) is 0 Å². The SMILES string of the molecule is CCCC=CC(CCC(CCCCCCCCC(=O)O)OOC(CCCCCCCCC(=O)O)CCC(C=CCCC)C1CC(=O)OC1=O)C1CC(=O)OC1=O. The summed E-state index contributed by atoms with van der Waals surface area (Å²) < 4.78 is 9.83. The van der Waals surface area contributed by atoms with E-state index in [2.05, 4.69) is 26.0 Å². The van der Waals surface area contributed by atoms with Gasteiger partial charge in [0, 0.05) is 12.8 Å². The second-order valence-corrected chi connectivity index (χ2v) is 15.7. The van der Waals surface area contributed by atoms with E-state index in [1.807, 2.05) is 12.2 Å². The zero-order valence-corrected chi connectivity index (χ0v) is 34.1. The molecule has 12 heteroatoms. The molecule has 2 rings (SSSR count). The molecule has 2 heterocycles. The van der Waals surface area contributed by atoms with Crippen LogP contribution in [0.4, 0.5) is 0 Å². The molecule has 0 aromatic carbocycles. The number of hydrogen-bond acceptors (Lipinski definition) is 10. The van der Waals surface area contributed by atoms with Gasteiger partial charge < -0.3 is 19.7 Å². The quantitative estimate of drug-likeness (QED) is 0.0155. The summed E-state index contributed by atoms with van der Waals surface area (Å²) in [5.74, 6) is -4.86. The summed E-state index contributed by atoms with van der Waals surface area (Å²) in [6, 6.07) is 0. The van der Waals surface area contributed by atoms with Crippen LogP contribution >= 0.6 is 0 Å². The molecule has 6 atom stereocenters. The molecule has 56 heavy (non-hydrogen) atoms. The van der Waals surface area contributed by atoms with Crippen molar-refractivity contribution in [3.8, 4) is 0 Å². The molecular weight excluding hydrogens is 720 g/mol. The molecular formula is C44H70O12. The number of carbonyl (C=O) groups is 6. The molecule has 0 bridgehead atoms. The van der Waals surface area contributed by atoms with Crippen molar-refractivity contribution in [2.24, 2.45) is 23.7 Å². The Hall–Kier alpha value is -3.38. The predicted molar refractivity (Wildman–Crippen MR) is 211 cm³/mol. The molecule has 0 saturated carbocycles. The van der Waals surface area contributed by atoms with E-state index in [9.17, 15) is 28.8 Å². The molecule has 2 aliphatic heterocycles. The Balaban J connectivity index is 2.14. The maximum Gasteiger partial charge on any atom is 0.317 e. The van der Waals surface area contributed by atoms with Crippen LogP contribution in [0.2, 0.25) is 0 Å². The molecule has 2 fully saturated rings. The average Bonchev–Trinajstić information content (AvgIpc) is 3.68. The summed E-state index contributed by atoms with van der Waals surface area (Å²) in [6.07, 6.45) is 26.5. The summed E-state index contributed by atoms with van der Waals surface area (Å²) in [7, 11) is 0. The van der Waals surface area contributed by atoms with Crippen molar-refractivity contribution in [1.82, 2.24) is 0 Å². The number of allylic oxidation sites excluding steroid dienone is 4. The molecule has 0 aliphatic carbocycles. The van der Waals surface area contributed by atoms with Crippen molar-refractivity contribution in [3.63, 3.8) is 0 Å². The van der Waals surface area contributed by atoms with Crippen molar-refractivity contribution < 1.29 is 58.2 Å². The Kier molecular flexibility index (Phi) is 26.0. The Morgan fingerprint density at radius 1 is 0.571 bits per heavy atom. The lowest BCUT2D eigenvalue weighted by Gasteiger charge is -2.25. The normalized spacial score (nSPS) is 19.5. The molecule has 2 saturated heterocycles. The van der Waals surface area contributed by atoms with Crippen LogP contribution < -0.4 is 0 Å². The summed E-state index contributed by atoms with van der Waals surface area (Å²) >= 11 is 0. The van der Waals surface area contributed by atoms with E-state index in [1.165, 1.54) is 0 Å². The molecule has 0 radical (unpaired) electrons. The molecule has 0 spiro atoms. The van der Waals surface area contributed by atoms with Crippen LogP contribution in [0.25, 0.3) is 0 Å². The van der Waals surface area contributed by atoms with Gasteiger partial charge in [0.2, 0.25) is 0 Å². The average molecular weight is 791 g/mol. The zero-order valence-electron chi connectivity index (χ0n) is 34.1. The van der Waals surface area contributed by atoms with E-state index in [1.54, 1.807) is 0 Å². The maximum absolute atomic E-state index is 12.6. The number of esters is 4. The highest BCUT2D eigenvalue weighted by Gasteiger charge is 2.39. The van der Waals surface area contributed by atoms with Crippen molar-refractivity contribution >= 4 is 35.8 Å². The van der Waals surface area contributed by atoms with E-state index in [0.29, 0.717) is 38.5 Å². The van der Waals surface area contributed by atoms with Gasteiger partial charge in [0.1, 0.15) is 0 Å². The number of carboxylic acid groups (broad SMARTS) is 2. The van der Waals surface area contributed by atoms with Gasteiger partial charge in [0.05, 0.1) is 36.9 Å². The number of rotatable bonds is 35. The second kappa shape index (κ2) is 29.8. The highest BCUT2D eigenvalue weighted by molar-refractivity contribution is 5.95. The molecule has 0 amide bonds. The monoisotopic (exact) mass is 790 g/mol. The van der Waals surface area contributed by atoms with Gasteiger partial charge in [-0.2, -0.15) is 0 Å². The number of carbonyl (C=O) groups excluding carboxylic acids is 4.